The van der Waals surface area contributed by atoms with Gasteiger partial charge in [-0.15, -0.1) is 0 Å². The molecule has 0 heterocycles. The number of benzene rings is 4. The number of fused-ring (bicyclic) bond motifs is 1. The molecule has 0 saturated carbocycles. The van der Waals surface area contributed by atoms with Gasteiger partial charge in [0.2, 0.25) is 0 Å². The van der Waals surface area contributed by atoms with E-state index < -0.39 is 11.9 Å². The fraction of sp³-hybridized carbons (Fsp3) is 0.129. The summed E-state index contributed by atoms with van der Waals surface area (Å²) in [6.45, 7) is 4.44. The molecule has 184 valence electrons. The molecule has 0 spiro atoms. The summed E-state index contributed by atoms with van der Waals surface area (Å²) < 4.78 is 10.9. The molecule has 4 aromatic rings. The summed E-state index contributed by atoms with van der Waals surface area (Å²) in [6, 6.07) is 26.1. The fourth-order valence-corrected chi connectivity index (χ4v) is 4.16. The molecule has 1 amide bonds. The standard InChI is InChI=1S/C31H26N2O4/c1-20-14-21(2)16-22(15-20)19-37-29-13-10-23-6-4-5-7-27(23)28(29)17-25(18-32)30(34)33-26-11-8-24(9-12-26)31(35)36-3/h4-17H,19H2,1-3H3,(H,33,34)/b25-17+. The number of amides is 1. The van der Waals surface area contributed by atoms with Crippen LogP contribution >= 0.6 is 0 Å². The van der Waals surface area contributed by atoms with Gasteiger partial charge < -0.3 is 14.8 Å². The van der Waals surface area contributed by atoms with Crippen molar-refractivity contribution in [1.29, 1.82) is 5.26 Å². The average molecular weight is 491 g/mol. The molecule has 4 aromatic carbocycles. The smallest absolute Gasteiger partial charge is 0.337 e. The number of carbonyl (C=O) groups is 2. The molecule has 37 heavy (non-hydrogen) atoms. The maximum Gasteiger partial charge on any atom is 0.337 e. The predicted molar refractivity (Wildman–Crippen MR) is 144 cm³/mol. The lowest BCUT2D eigenvalue weighted by Gasteiger charge is -2.14. The summed E-state index contributed by atoms with van der Waals surface area (Å²) in [4.78, 5) is 24.6. The Bertz CT molecular complexity index is 1530. The van der Waals surface area contributed by atoms with Crippen molar-refractivity contribution in [2.24, 2.45) is 0 Å². The summed E-state index contributed by atoms with van der Waals surface area (Å²) >= 11 is 0. The lowest BCUT2D eigenvalue weighted by molar-refractivity contribution is -0.112. The van der Waals surface area contributed by atoms with Crippen LogP contribution < -0.4 is 10.1 Å². The molecule has 0 unspecified atom stereocenters. The number of aryl methyl sites for hydroxylation is 2. The van der Waals surface area contributed by atoms with E-state index in [0.717, 1.165) is 27.5 Å². The van der Waals surface area contributed by atoms with Crippen LogP contribution in [0.2, 0.25) is 0 Å². The van der Waals surface area contributed by atoms with Crippen molar-refractivity contribution in [1.82, 2.24) is 0 Å². The maximum atomic E-state index is 13.0. The molecule has 4 rings (SSSR count). The third-order valence-corrected chi connectivity index (χ3v) is 5.82. The summed E-state index contributed by atoms with van der Waals surface area (Å²) in [5, 5.41) is 14.4. The molecule has 0 aliphatic carbocycles. The SMILES string of the molecule is COC(=O)c1ccc(NC(=O)/C(C#N)=C/c2c(OCc3cc(C)cc(C)c3)ccc3ccccc23)cc1. The molecule has 0 atom stereocenters. The zero-order valence-electron chi connectivity index (χ0n) is 20.9. The minimum Gasteiger partial charge on any atom is -0.488 e. The topological polar surface area (TPSA) is 88.4 Å². The second kappa shape index (κ2) is 11.2. The number of hydrogen-bond acceptors (Lipinski definition) is 5. The minimum atomic E-state index is -0.568. The number of rotatable bonds is 7. The second-order valence-electron chi connectivity index (χ2n) is 8.68. The number of methoxy groups -OCH3 is 1. The third kappa shape index (κ3) is 6.03. The predicted octanol–water partition coefficient (Wildman–Crippen LogP) is 6.37. The molecule has 6 nitrogen and oxygen atoms in total. The van der Waals surface area contributed by atoms with E-state index in [0.29, 0.717) is 29.2 Å². The molecule has 0 fully saturated rings. The van der Waals surface area contributed by atoms with Gasteiger partial charge in [-0.25, -0.2) is 4.79 Å². The Labute approximate surface area is 215 Å². The zero-order valence-corrected chi connectivity index (χ0v) is 20.9. The molecule has 0 saturated heterocycles. The van der Waals surface area contributed by atoms with Crippen molar-refractivity contribution < 1.29 is 19.1 Å². The molecular weight excluding hydrogens is 464 g/mol. The lowest BCUT2D eigenvalue weighted by atomic mass is 10.0. The Hall–Kier alpha value is -4.89. The summed E-state index contributed by atoms with van der Waals surface area (Å²) in [7, 11) is 1.30. The van der Waals surface area contributed by atoms with E-state index in [4.69, 9.17) is 9.47 Å². The molecule has 6 heteroatoms. The number of nitrogens with zero attached hydrogens (tertiary/aromatic N) is 1. The molecule has 0 radical (unpaired) electrons. The first-order valence-electron chi connectivity index (χ1n) is 11.7. The van der Waals surface area contributed by atoms with Crippen LogP contribution in [-0.2, 0) is 16.1 Å². The van der Waals surface area contributed by atoms with Crippen LogP contribution in [0, 0.1) is 25.2 Å². The van der Waals surface area contributed by atoms with Crippen molar-refractivity contribution in [2.45, 2.75) is 20.5 Å². The molecule has 0 bridgehead atoms. The number of nitriles is 1. The van der Waals surface area contributed by atoms with Crippen LogP contribution in [0.25, 0.3) is 16.8 Å². The van der Waals surface area contributed by atoms with Crippen LogP contribution in [0.3, 0.4) is 0 Å². The first-order valence-corrected chi connectivity index (χ1v) is 11.7. The van der Waals surface area contributed by atoms with E-state index in [-0.39, 0.29) is 5.57 Å². The van der Waals surface area contributed by atoms with Gasteiger partial charge in [-0.1, -0.05) is 59.7 Å². The zero-order chi connectivity index (χ0) is 26.4. The Balaban J connectivity index is 1.65. The molecule has 0 aliphatic heterocycles. The highest BCUT2D eigenvalue weighted by Crippen LogP contribution is 2.31. The summed E-state index contributed by atoms with van der Waals surface area (Å²) in [6.07, 6.45) is 1.55. The molecular formula is C31H26N2O4. The van der Waals surface area contributed by atoms with Gasteiger partial charge in [-0.05, 0) is 66.6 Å². The summed E-state index contributed by atoms with van der Waals surface area (Å²) in [5.74, 6) is -0.470. The van der Waals surface area contributed by atoms with Crippen molar-refractivity contribution in [3.63, 3.8) is 0 Å². The van der Waals surface area contributed by atoms with Gasteiger partial charge in [-0.3, -0.25) is 4.79 Å². The van der Waals surface area contributed by atoms with Crippen molar-refractivity contribution in [3.8, 4) is 11.8 Å². The number of nitrogens with one attached hydrogen (secondary N) is 1. The van der Waals surface area contributed by atoms with Crippen LogP contribution in [-0.4, -0.2) is 19.0 Å². The fourth-order valence-electron chi connectivity index (χ4n) is 4.16. The maximum absolute atomic E-state index is 13.0. The van der Waals surface area contributed by atoms with Gasteiger partial charge in [0.25, 0.3) is 5.91 Å². The number of carbonyl (C=O) groups excluding carboxylic acids is 2. The third-order valence-electron chi connectivity index (χ3n) is 5.82. The van der Waals surface area contributed by atoms with Crippen LogP contribution in [0.1, 0.15) is 32.6 Å². The largest absolute Gasteiger partial charge is 0.488 e. The Morgan fingerprint density at radius 3 is 2.32 bits per heavy atom. The van der Waals surface area contributed by atoms with E-state index in [9.17, 15) is 14.9 Å². The first kappa shape index (κ1) is 25.2. The number of anilines is 1. The minimum absolute atomic E-state index is 0.0790. The monoisotopic (exact) mass is 490 g/mol. The Kier molecular flexibility index (Phi) is 7.65. The summed E-state index contributed by atoms with van der Waals surface area (Å²) in [5.41, 5.74) is 4.72. The van der Waals surface area contributed by atoms with Gasteiger partial charge >= 0.3 is 5.97 Å². The van der Waals surface area contributed by atoms with Gasteiger partial charge in [-0.2, -0.15) is 5.26 Å². The molecule has 0 aromatic heterocycles. The van der Waals surface area contributed by atoms with E-state index in [1.54, 1.807) is 30.3 Å². The number of hydrogen-bond donors (Lipinski definition) is 1. The first-order chi connectivity index (χ1) is 17.9. The molecule has 1 N–H and O–H groups in total. The second-order valence-corrected chi connectivity index (χ2v) is 8.68. The number of ether oxygens (including phenoxy) is 2. The van der Waals surface area contributed by atoms with E-state index >= 15 is 0 Å². The van der Waals surface area contributed by atoms with Gasteiger partial charge in [0.15, 0.2) is 0 Å². The van der Waals surface area contributed by atoms with Crippen LogP contribution in [0.5, 0.6) is 5.75 Å². The van der Waals surface area contributed by atoms with Gasteiger partial charge in [0.05, 0.1) is 12.7 Å². The average Bonchev–Trinajstić information content (AvgIpc) is 2.90. The Morgan fingerprint density at radius 2 is 1.65 bits per heavy atom. The Morgan fingerprint density at radius 1 is 0.946 bits per heavy atom. The normalized spacial score (nSPS) is 11.0. The highest BCUT2D eigenvalue weighted by atomic mass is 16.5. The van der Waals surface area contributed by atoms with E-state index in [1.165, 1.54) is 7.11 Å². The van der Waals surface area contributed by atoms with Crippen molar-refractivity contribution >= 4 is 34.4 Å². The quantitative estimate of drug-likeness (QED) is 0.185. The van der Waals surface area contributed by atoms with Gasteiger partial charge in [0, 0.05) is 11.3 Å². The molecule has 0 aliphatic rings. The van der Waals surface area contributed by atoms with Crippen LogP contribution in [0.4, 0.5) is 5.69 Å². The van der Waals surface area contributed by atoms with Crippen molar-refractivity contribution in [3.05, 3.63) is 112 Å². The number of esters is 1. The highest BCUT2D eigenvalue weighted by molar-refractivity contribution is 6.11. The van der Waals surface area contributed by atoms with E-state index in [1.807, 2.05) is 56.3 Å². The van der Waals surface area contributed by atoms with Crippen LogP contribution in [0.15, 0.2) is 84.4 Å². The van der Waals surface area contributed by atoms with Gasteiger partial charge in [0.1, 0.15) is 24.0 Å². The van der Waals surface area contributed by atoms with Crippen molar-refractivity contribution in [2.75, 3.05) is 12.4 Å². The van der Waals surface area contributed by atoms with E-state index in [2.05, 4.69) is 23.5 Å². The lowest BCUT2D eigenvalue weighted by Crippen LogP contribution is -2.13. The highest BCUT2D eigenvalue weighted by Gasteiger charge is 2.15.